The molecule has 0 spiro atoms. The van der Waals surface area contributed by atoms with E-state index in [2.05, 4.69) is 10.3 Å². The second-order valence-electron chi connectivity index (χ2n) is 4.48. The van der Waals surface area contributed by atoms with E-state index in [0.717, 1.165) is 12.2 Å². The fraction of sp³-hybridized carbons (Fsp3) is 0.375. The van der Waals surface area contributed by atoms with E-state index in [-0.39, 0.29) is 12.3 Å². The minimum atomic E-state index is 0.180. The number of nitrogens with one attached hydrogen (secondary N) is 1. The van der Waals surface area contributed by atoms with Crippen LogP contribution >= 0.6 is 0 Å². The normalized spacial score (nSPS) is 10.2. The van der Waals surface area contributed by atoms with E-state index in [9.17, 15) is 0 Å². The molecule has 1 aromatic carbocycles. The van der Waals surface area contributed by atoms with E-state index in [1.54, 1.807) is 0 Å². The highest BCUT2D eigenvalue weighted by Gasteiger charge is 2.12. The van der Waals surface area contributed by atoms with Crippen molar-refractivity contribution >= 4 is 5.88 Å². The number of oxazole rings is 1. The summed E-state index contributed by atoms with van der Waals surface area (Å²) < 4.78 is 16.3. The molecular formula is C16H19N3O3. The lowest BCUT2D eigenvalue weighted by Gasteiger charge is -2.03. The van der Waals surface area contributed by atoms with Gasteiger partial charge >= 0.3 is 0 Å². The number of anilines is 1. The zero-order valence-corrected chi connectivity index (χ0v) is 12.5. The maximum absolute atomic E-state index is 9.08. The van der Waals surface area contributed by atoms with Crippen molar-refractivity contribution in [2.24, 2.45) is 0 Å². The van der Waals surface area contributed by atoms with Crippen LogP contribution in [0.5, 0.6) is 5.75 Å². The van der Waals surface area contributed by atoms with E-state index in [0.29, 0.717) is 31.5 Å². The lowest BCUT2D eigenvalue weighted by atomic mass is 10.3. The molecule has 22 heavy (non-hydrogen) atoms. The Labute approximate surface area is 129 Å². The third-order valence-corrected chi connectivity index (χ3v) is 2.84. The molecule has 6 heteroatoms. The third-order valence-electron chi connectivity index (χ3n) is 2.84. The van der Waals surface area contributed by atoms with Crippen molar-refractivity contribution in [1.82, 2.24) is 4.98 Å². The van der Waals surface area contributed by atoms with Crippen molar-refractivity contribution in [3.05, 3.63) is 41.9 Å². The SMILES string of the molecule is CCOCCCNc1oc(COc2ccccc2)nc1C#N. The summed E-state index contributed by atoms with van der Waals surface area (Å²) >= 11 is 0. The summed E-state index contributed by atoms with van der Waals surface area (Å²) in [6, 6.07) is 11.4. The zero-order chi connectivity index (χ0) is 15.6. The molecule has 0 saturated heterocycles. The molecule has 0 bridgehead atoms. The molecule has 2 aromatic rings. The van der Waals surface area contributed by atoms with Crippen LogP contribution in [0.2, 0.25) is 0 Å². The van der Waals surface area contributed by atoms with Crippen molar-refractivity contribution in [2.45, 2.75) is 20.0 Å². The number of ether oxygens (including phenoxy) is 2. The molecule has 0 radical (unpaired) electrons. The van der Waals surface area contributed by atoms with Crippen LogP contribution in [-0.2, 0) is 11.3 Å². The average Bonchev–Trinajstić information content (AvgIpc) is 2.96. The first kappa shape index (κ1) is 15.9. The second-order valence-corrected chi connectivity index (χ2v) is 4.48. The highest BCUT2D eigenvalue weighted by Crippen LogP contribution is 2.18. The molecule has 1 N–H and O–H groups in total. The number of aromatic nitrogens is 1. The van der Waals surface area contributed by atoms with E-state index in [4.69, 9.17) is 19.2 Å². The van der Waals surface area contributed by atoms with E-state index in [1.165, 1.54) is 0 Å². The summed E-state index contributed by atoms with van der Waals surface area (Å²) in [7, 11) is 0. The van der Waals surface area contributed by atoms with Crippen LogP contribution in [0.25, 0.3) is 0 Å². The highest BCUT2D eigenvalue weighted by atomic mass is 16.5. The van der Waals surface area contributed by atoms with Crippen molar-refractivity contribution < 1.29 is 13.9 Å². The Kier molecular flexibility index (Phi) is 6.27. The van der Waals surface area contributed by atoms with Gasteiger partial charge in [0.2, 0.25) is 17.5 Å². The van der Waals surface area contributed by atoms with Crippen LogP contribution < -0.4 is 10.1 Å². The topological polar surface area (TPSA) is 80.3 Å². The molecule has 0 aliphatic carbocycles. The quantitative estimate of drug-likeness (QED) is 0.717. The Morgan fingerprint density at radius 1 is 1.32 bits per heavy atom. The summed E-state index contributed by atoms with van der Waals surface area (Å²) in [6.07, 6.45) is 0.829. The fourth-order valence-corrected chi connectivity index (χ4v) is 1.80. The van der Waals surface area contributed by atoms with Crippen LogP contribution in [0.3, 0.4) is 0 Å². The Balaban J connectivity index is 1.86. The monoisotopic (exact) mass is 301 g/mol. The lowest BCUT2D eigenvalue weighted by molar-refractivity contribution is 0.147. The first-order valence-corrected chi connectivity index (χ1v) is 7.22. The lowest BCUT2D eigenvalue weighted by Crippen LogP contribution is -2.05. The Morgan fingerprint density at radius 2 is 2.14 bits per heavy atom. The maximum atomic E-state index is 9.08. The van der Waals surface area contributed by atoms with Crippen LogP contribution in [-0.4, -0.2) is 24.7 Å². The summed E-state index contributed by atoms with van der Waals surface area (Å²) in [5.41, 5.74) is 0.239. The first-order chi connectivity index (χ1) is 10.8. The molecule has 0 aliphatic rings. The van der Waals surface area contributed by atoms with E-state index < -0.39 is 0 Å². The van der Waals surface area contributed by atoms with E-state index >= 15 is 0 Å². The van der Waals surface area contributed by atoms with Gasteiger partial charge in [-0.05, 0) is 25.5 Å². The molecule has 0 saturated carbocycles. The third kappa shape index (κ3) is 4.79. The van der Waals surface area contributed by atoms with Gasteiger partial charge in [0.15, 0.2) is 6.61 Å². The molecule has 116 valence electrons. The predicted molar refractivity (Wildman–Crippen MR) is 81.6 cm³/mol. The molecule has 1 aromatic heterocycles. The summed E-state index contributed by atoms with van der Waals surface area (Å²) in [5.74, 6) is 1.48. The van der Waals surface area contributed by atoms with Crippen molar-refractivity contribution in [2.75, 3.05) is 25.1 Å². The van der Waals surface area contributed by atoms with Crippen LogP contribution in [0, 0.1) is 11.3 Å². The highest BCUT2D eigenvalue weighted by molar-refractivity contribution is 5.45. The van der Waals surface area contributed by atoms with E-state index in [1.807, 2.05) is 43.3 Å². The van der Waals surface area contributed by atoms with Crippen molar-refractivity contribution in [1.29, 1.82) is 5.26 Å². The molecular weight excluding hydrogens is 282 g/mol. The minimum Gasteiger partial charge on any atom is -0.484 e. The number of nitriles is 1. The summed E-state index contributed by atoms with van der Waals surface area (Å²) in [6.45, 7) is 4.16. The molecule has 2 rings (SSSR count). The largest absolute Gasteiger partial charge is 0.484 e. The molecule has 0 atom stereocenters. The maximum Gasteiger partial charge on any atom is 0.236 e. The van der Waals surface area contributed by atoms with Gasteiger partial charge < -0.3 is 19.2 Å². The van der Waals surface area contributed by atoms with Gasteiger partial charge in [-0.3, -0.25) is 0 Å². The van der Waals surface area contributed by atoms with Gasteiger partial charge in [-0.15, -0.1) is 0 Å². The number of hydrogen-bond donors (Lipinski definition) is 1. The number of benzene rings is 1. The second kappa shape index (κ2) is 8.70. The standard InChI is InChI=1S/C16H19N3O3/c1-2-20-10-6-9-18-16-14(11-17)19-15(22-16)12-21-13-7-4-3-5-8-13/h3-5,7-8,18H,2,6,9-10,12H2,1H3. The number of hydrogen-bond acceptors (Lipinski definition) is 6. The van der Waals surface area contributed by atoms with Crippen LogP contribution in [0.1, 0.15) is 24.9 Å². The number of para-hydroxylation sites is 1. The van der Waals surface area contributed by atoms with Gasteiger partial charge in [0.25, 0.3) is 0 Å². The summed E-state index contributed by atoms with van der Waals surface area (Å²) in [4.78, 5) is 4.11. The Bertz CT molecular complexity index is 605. The van der Waals surface area contributed by atoms with Crippen LogP contribution in [0.4, 0.5) is 5.88 Å². The first-order valence-electron chi connectivity index (χ1n) is 7.22. The Hall–Kier alpha value is -2.52. The van der Waals surface area contributed by atoms with Gasteiger partial charge in [0.1, 0.15) is 11.8 Å². The van der Waals surface area contributed by atoms with Gasteiger partial charge in [-0.25, -0.2) is 0 Å². The molecule has 1 heterocycles. The average molecular weight is 301 g/mol. The van der Waals surface area contributed by atoms with Gasteiger partial charge in [-0.1, -0.05) is 18.2 Å². The fourth-order valence-electron chi connectivity index (χ4n) is 1.80. The van der Waals surface area contributed by atoms with Crippen molar-refractivity contribution in [3.63, 3.8) is 0 Å². The van der Waals surface area contributed by atoms with Gasteiger partial charge in [-0.2, -0.15) is 10.2 Å². The van der Waals surface area contributed by atoms with Crippen molar-refractivity contribution in [3.8, 4) is 11.8 Å². The van der Waals surface area contributed by atoms with Gasteiger partial charge in [0.05, 0.1) is 0 Å². The number of rotatable bonds is 9. The zero-order valence-electron chi connectivity index (χ0n) is 12.5. The van der Waals surface area contributed by atoms with Crippen LogP contribution in [0.15, 0.2) is 34.7 Å². The number of nitrogens with zero attached hydrogens (tertiary/aromatic N) is 2. The summed E-state index contributed by atoms with van der Waals surface area (Å²) in [5, 5.41) is 12.1. The molecule has 0 amide bonds. The minimum absolute atomic E-state index is 0.180. The predicted octanol–water partition coefficient (Wildman–Crippen LogP) is 2.96. The smallest absolute Gasteiger partial charge is 0.236 e. The molecule has 6 nitrogen and oxygen atoms in total. The Morgan fingerprint density at radius 3 is 2.86 bits per heavy atom. The molecule has 0 fully saturated rings. The molecule has 0 unspecified atom stereocenters. The van der Waals surface area contributed by atoms with Gasteiger partial charge in [0, 0.05) is 19.8 Å². The molecule has 0 aliphatic heterocycles.